The van der Waals surface area contributed by atoms with Crippen LogP contribution in [0.2, 0.25) is 0 Å². The summed E-state index contributed by atoms with van der Waals surface area (Å²) >= 11 is 0. The molecule has 34 heavy (non-hydrogen) atoms. The highest BCUT2D eigenvalue weighted by Crippen LogP contribution is 2.61. The quantitative estimate of drug-likeness (QED) is 0.280. The van der Waals surface area contributed by atoms with Crippen molar-refractivity contribution in [1.82, 2.24) is 10.2 Å². The van der Waals surface area contributed by atoms with Gasteiger partial charge in [0.2, 0.25) is 0 Å². The molecule has 0 unspecified atom stereocenters. The number of imide groups is 1. The Kier molecular flexibility index (Phi) is 5.41. The largest absolute Gasteiger partial charge is 0.454 e. The van der Waals surface area contributed by atoms with E-state index < -0.39 is 47.5 Å². The minimum atomic E-state index is -0.935. The summed E-state index contributed by atoms with van der Waals surface area (Å²) in [6.07, 6.45) is 7.31. The topological polar surface area (TPSA) is 136 Å². The average Bonchev–Trinajstić information content (AvgIpc) is 3.01. The van der Waals surface area contributed by atoms with Gasteiger partial charge in [0.15, 0.2) is 6.61 Å². The predicted molar refractivity (Wildman–Crippen MR) is 118 cm³/mol. The number of nitrogens with zero attached hydrogens (tertiary/aromatic N) is 2. The van der Waals surface area contributed by atoms with Crippen molar-refractivity contribution in [3.05, 3.63) is 39.4 Å². The number of carbonyl (C=O) groups is 4. The van der Waals surface area contributed by atoms with Crippen LogP contribution in [0.1, 0.15) is 66.2 Å². The van der Waals surface area contributed by atoms with Crippen molar-refractivity contribution in [1.29, 1.82) is 0 Å². The van der Waals surface area contributed by atoms with Crippen LogP contribution in [-0.2, 0) is 14.3 Å². The molecule has 1 aromatic rings. The van der Waals surface area contributed by atoms with Gasteiger partial charge in [-0.15, -0.1) is 0 Å². The molecule has 5 aliphatic rings. The molecule has 0 spiro atoms. The number of rotatable bonds is 7. The smallest absolute Gasteiger partial charge is 0.326 e. The molecule has 1 aliphatic heterocycles. The van der Waals surface area contributed by atoms with E-state index in [0.29, 0.717) is 4.90 Å². The number of carbonyl (C=O) groups excluding carboxylic acids is 4. The van der Waals surface area contributed by atoms with Crippen LogP contribution in [-0.4, -0.2) is 52.7 Å². The van der Waals surface area contributed by atoms with Gasteiger partial charge in [0.05, 0.1) is 10.5 Å². The monoisotopic (exact) mass is 469 g/mol. The number of ether oxygens (including phenoxy) is 1. The highest BCUT2D eigenvalue weighted by Gasteiger charge is 2.53. The van der Waals surface area contributed by atoms with Crippen LogP contribution >= 0.6 is 0 Å². The Labute approximate surface area is 196 Å². The van der Waals surface area contributed by atoms with Crippen LogP contribution in [0.4, 0.5) is 5.69 Å². The summed E-state index contributed by atoms with van der Waals surface area (Å²) in [7, 11) is 0. The van der Waals surface area contributed by atoms with Gasteiger partial charge in [-0.25, -0.2) is 0 Å². The summed E-state index contributed by atoms with van der Waals surface area (Å²) in [5.41, 5.74) is -0.852. The lowest BCUT2D eigenvalue weighted by molar-refractivity contribution is -0.385. The van der Waals surface area contributed by atoms with Crippen molar-refractivity contribution in [3.8, 4) is 0 Å². The van der Waals surface area contributed by atoms with Gasteiger partial charge in [0.1, 0.15) is 12.1 Å². The molecular weight excluding hydrogens is 442 g/mol. The predicted octanol–water partition coefficient (Wildman–Crippen LogP) is 2.46. The highest BCUT2D eigenvalue weighted by molar-refractivity contribution is 6.24. The molecule has 4 bridgehead atoms. The number of benzene rings is 1. The molecule has 4 fully saturated rings. The number of esters is 1. The Morgan fingerprint density at radius 2 is 1.76 bits per heavy atom. The maximum Gasteiger partial charge on any atom is 0.326 e. The third kappa shape index (κ3) is 3.74. The van der Waals surface area contributed by atoms with Gasteiger partial charge in [-0.3, -0.25) is 34.2 Å². The summed E-state index contributed by atoms with van der Waals surface area (Å²) in [6.45, 7) is 0.790. The maximum atomic E-state index is 12.6. The Bertz CT molecular complexity index is 1060. The summed E-state index contributed by atoms with van der Waals surface area (Å²) < 4.78 is 5.03. The zero-order chi connectivity index (χ0) is 24.2. The van der Waals surface area contributed by atoms with Crippen LogP contribution in [0.15, 0.2) is 18.2 Å². The van der Waals surface area contributed by atoms with E-state index in [1.165, 1.54) is 31.4 Å². The van der Waals surface area contributed by atoms with Crippen LogP contribution in [0.5, 0.6) is 0 Å². The Balaban J connectivity index is 1.15. The second kappa shape index (κ2) is 8.18. The van der Waals surface area contributed by atoms with Gasteiger partial charge >= 0.3 is 5.97 Å². The van der Waals surface area contributed by atoms with E-state index in [4.69, 9.17) is 4.74 Å². The van der Waals surface area contributed by atoms with Crippen molar-refractivity contribution in [2.75, 3.05) is 13.2 Å². The summed E-state index contributed by atoms with van der Waals surface area (Å²) in [6, 6.07) is 3.71. The van der Waals surface area contributed by atoms with E-state index in [0.717, 1.165) is 43.1 Å². The third-order valence-corrected chi connectivity index (χ3v) is 8.21. The van der Waals surface area contributed by atoms with E-state index >= 15 is 0 Å². The minimum Gasteiger partial charge on any atom is -0.454 e. The fourth-order valence-corrected chi connectivity index (χ4v) is 7.08. The van der Waals surface area contributed by atoms with Gasteiger partial charge in [-0.1, -0.05) is 6.07 Å². The molecule has 3 amide bonds. The van der Waals surface area contributed by atoms with Gasteiger partial charge < -0.3 is 10.1 Å². The lowest BCUT2D eigenvalue weighted by Crippen LogP contribution is -2.56. The van der Waals surface area contributed by atoms with Crippen LogP contribution in [0.3, 0.4) is 0 Å². The van der Waals surface area contributed by atoms with Crippen LogP contribution in [0.25, 0.3) is 0 Å². The van der Waals surface area contributed by atoms with Crippen LogP contribution < -0.4 is 5.32 Å². The lowest BCUT2D eigenvalue weighted by atomic mass is 9.48. The van der Waals surface area contributed by atoms with Gasteiger partial charge in [-0.05, 0) is 74.7 Å². The molecule has 180 valence electrons. The second-order valence-corrected chi connectivity index (χ2v) is 10.4. The molecule has 10 heteroatoms. The third-order valence-electron chi connectivity index (χ3n) is 8.21. The lowest BCUT2D eigenvalue weighted by Gasteiger charge is -2.59. The summed E-state index contributed by atoms with van der Waals surface area (Å²) in [4.78, 5) is 60.9. The van der Waals surface area contributed by atoms with Crippen molar-refractivity contribution < 1.29 is 28.8 Å². The molecule has 0 aromatic heterocycles. The van der Waals surface area contributed by atoms with E-state index in [2.05, 4.69) is 5.32 Å². The minimum absolute atomic E-state index is 0.0242. The molecule has 10 nitrogen and oxygen atoms in total. The van der Waals surface area contributed by atoms with Gasteiger partial charge in [-0.2, -0.15) is 0 Å². The Morgan fingerprint density at radius 3 is 2.35 bits per heavy atom. The molecule has 6 rings (SSSR count). The van der Waals surface area contributed by atoms with E-state index in [9.17, 15) is 29.3 Å². The van der Waals surface area contributed by atoms with Crippen molar-refractivity contribution in [2.45, 2.75) is 51.5 Å². The average molecular weight is 469 g/mol. The molecule has 4 aliphatic carbocycles. The zero-order valence-electron chi connectivity index (χ0n) is 19.0. The van der Waals surface area contributed by atoms with Crippen molar-refractivity contribution in [3.63, 3.8) is 0 Å². The number of hydrogen-bond donors (Lipinski definition) is 1. The number of fused-ring (bicyclic) bond motifs is 1. The molecule has 1 heterocycles. The maximum absolute atomic E-state index is 12.6. The fraction of sp³-hybridized carbons (Fsp3) is 0.583. The first kappa shape index (κ1) is 22.5. The number of hydrogen-bond acceptors (Lipinski definition) is 7. The number of amides is 3. The second-order valence-electron chi connectivity index (χ2n) is 10.4. The first-order chi connectivity index (χ1) is 16.2. The number of nitro benzene ring substituents is 1. The van der Waals surface area contributed by atoms with Gasteiger partial charge in [0, 0.05) is 12.1 Å². The number of nitrogens with one attached hydrogen (secondary N) is 1. The van der Waals surface area contributed by atoms with Crippen molar-refractivity contribution >= 4 is 29.4 Å². The first-order valence-electron chi connectivity index (χ1n) is 11.8. The Hall–Kier alpha value is -3.30. The fourth-order valence-electron chi connectivity index (χ4n) is 7.08. The van der Waals surface area contributed by atoms with Crippen LogP contribution in [0, 0.1) is 33.3 Å². The zero-order valence-corrected chi connectivity index (χ0v) is 19.0. The Morgan fingerprint density at radius 1 is 1.15 bits per heavy atom. The van der Waals surface area contributed by atoms with E-state index in [1.54, 1.807) is 0 Å². The molecule has 0 saturated heterocycles. The highest BCUT2D eigenvalue weighted by atomic mass is 16.6. The number of nitro groups is 1. The van der Waals surface area contributed by atoms with Gasteiger partial charge in [0.25, 0.3) is 23.4 Å². The van der Waals surface area contributed by atoms with Crippen molar-refractivity contribution in [2.24, 2.45) is 23.2 Å². The molecule has 1 atom stereocenters. The molecular formula is C24H27N3O7. The standard InChI is InChI=1S/C24H27N3O7/c1-13(24-8-14-5-15(9-24)7-16(6-14)10-24)25-19(28)12-34-20(29)11-26-22(30)17-3-2-4-18(27(32)33)21(17)23(26)31/h2-4,13-16H,5-12H2,1H3,(H,25,28)/t13-,14?,15?,16?,24?/m0/s1. The SMILES string of the molecule is C[C@H](NC(=O)COC(=O)CN1C(=O)c2cccc([N+](=O)[O-])c2C1=O)C12CC3CC(CC(C3)C1)C2. The summed E-state index contributed by atoms with van der Waals surface area (Å²) in [5.74, 6) is -0.842. The molecule has 0 radical (unpaired) electrons. The molecule has 1 N–H and O–H groups in total. The normalized spacial score (nSPS) is 29.7. The summed E-state index contributed by atoms with van der Waals surface area (Å²) in [5, 5.41) is 14.2. The van der Waals surface area contributed by atoms with E-state index in [-0.39, 0.29) is 22.6 Å². The first-order valence-corrected chi connectivity index (χ1v) is 11.8. The van der Waals surface area contributed by atoms with E-state index in [1.807, 2.05) is 6.92 Å². The molecule has 4 saturated carbocycles. The molecule has 1 aromatic carbocycles.